The molecule has 2 rings (SSSR count). The van der Waals surface area contributed by atoms with Gasteiger partial charge in [0.05, 0.1) is 6.26 Å². The van der Waals surface area contributed by atoms with Crippen LogP contribution < -0.4 is 16.4 Å². The fraction of sp³-hybridized carbons (Fsp3) is 0.250. The van der Waals surface area contributed by atoms with Gasteiger partial charge in [-0.2, -0.15) is 0 Å². The van der Waals surface area contributed by atoms with Crippen LogP contribution in [-0.4, -0.2) is 24.9 Å². The van der Waals surface area contributed by atoms with E-state index in [9.17, 15) is 9.59 Å². The Labute approximate surface area is 128 Å². The van der Waals surface area contributed by atoms with Crippen LogP contribution in [0, 0.1) is 0 Å². The van der Waals surface area contributed by atoms with Crippen molar-refractivity contribution in [3.63, 3.8) is 0 Å². The number of rotatable bonds is 7. The number of hydrogen-bond acceptors (Lipinski definition) is 4. The third kappa shape index (κ3) is 4.66. The van der Waals surface area contributed by atoms with Crippen molar-refractivity contribution in [3.05, 3.63) is 54.0 Å². The lowest BCUT2D eigenvalue weighted by atomic mass is 10.1. The molecule has 0 fully saturated rings. The maximum atomic E-state index is 11.7. The Hall–Kier alpha value is -2.76. The predicted molar refractivity (Wildman–Crippen MR) is 83.2 cm³/mol. The Morgan fingerprint density at radius 2 is 1.82 bits per heavy atom. The van der Waals surface area contributed by atoms with E-state index in [4.69, 9.17) is 10.2 Å². The number of anilines is 1. The molecule has 0 bridgehead atoms. The van der Waals surface area contributed by atoms with E-state index in [0.717, 1.165) is 5.56 Å². The summed E-state index contributed by atoms with van der Waals surface area (Å²) in [5.41, 5.74) is 7.48. The van der Waals surface area contributed by atoms with Crippen molar-refractivity contribution in [2.75, 3.05) is 18.8 Å². The first-order chi connectivity index (χ1) is 10.7. The lowest BCUT2D eigenvalue weighted by Gasteiger charge is -2.07. The first-order valence-corrected chi connectivity index (χ1v) is 7.08. The van der Waals surface area contributed by atoms with Crippen molar-refractivity contribution in [3.8, 4) is 0 Å². The lowest BCUT2D eigenvalue weighted by Crippen LogP contribution is -2.34. The Morgan fingerprint density at radius 3 is 2.55 bits per heavy atom. The van der Waals surface area contributed by atoms with Crippen LogP contribution in [0.25, 0.3) is 0 Å². The minimum absolute atomic E-state index is 0.0736. The monoisotopic (exact) mass is 301 g/mol. The van der Waals surface area contributed by atoms with Gasteiger partial charge in [0, 0.05) is 25.2 Å². The molecule has 1 aromatic carbocycles. The minimum atomic E-state index is -0.295. The first-order valence-electron chi connectivity index (χ1n) is 7.08. The highest BCUT2D eigenvalue weighted by molar-refractivity contribution is 5.91. The third-order valence-electron chi connectivity index (χ3n) is 3.15. The van der Waals surface area contributed by atoms with Crippen LogP contribution in [0.1, 0.15) is 22.5 Å². The van der Waals surface area contributed by atoms with Gasteiger partial charge >= 0.3 is 0 Å². The van der Waals surface area contributed by atoms with Gasteiger partial charge in [-0.3, -0.25) is 9.59 Å². The van der Waals surface area contributed by atoms with Crippen LogP contribution in [0.2, 0.25) is 0 Å². The summed E-state index contributed by atoms with van der Waals surface area (Å²) in [7, 11) is 0. The summed E-state index contributed by atoms with van der Waals surface area (Å²) in [4.78, 5) is 23.3. The summed E-state index contributed by atoms with van der Waals surface area (Å²) in [5, 5.41) is 5.40. The molecule has 4 N–H and O–H groups in total. The van der Waals surface area contributed by atoms with Crippen LogP contribution >= 0.6 is 0 Å². The number of hydrogen-bond donors (Lipinski definition) is 3. The Kier molecular flexibility index (Phi) is 5.59. The predicted octanol–water partition coefficient (Wildman–Crippen LogP) is 1.34. The molecule has 22 heavy (non-hydrogen) atoms. The molecular weight excluding hydrogens is 282 g/mol. The van der Waals surface area contributed by atoms with Gasteiger partial charge in [-0.25, -0.2) is 0 Å². The molecule has 6 nitrogen and oxygen atoms in total. The van der Waals surface area contributed by atoms with Crippen LogP contribution in [0.4, 0.5) is 5.69 Å². The number of furan rings is 1. The molecule has 0 spiro atoms. The molecule has 116 valence electrons. The van der Waals surface area contributed by atoms with Gasteiger partial charge in [0.2, 0.25) is 5.91 Å². The van der Waals surface area contributed by atoms with E-state index in [1.165, 1.54) is 6.26 Å². The van der Waals surface area contributed by atoms with Crippen molar-refractivity contribution in [1.29, 1.82) is 0 Å². The van der Waals surface area contributed by atoms with Crippen LogP contribution in [0.15, 0.2) is 47.1 Å². The Bertz CT molecular complexity index is 623. The van der Waals surface area contributed by atoms with Crippen LogP contribution in [-0.2, 0) is 11.2 Å². The normalized spacial score (nSPS) is 10.2. The SMILES string of the molecule is Nc1ccccc1CCC(=O)NCCNC(=O)c1ccco1. The van der Waals surface area contributed by atoms with Gasteiger partial charge in [0.15, 0.2) is 5.76 Å². The van der Waals surface area contributed by atoms with E-state index in [1.54, 1.807) is 12.1 Å². The summed E-state index contributed by atoms with van der Waals surface area (Å²) in [5.74, 6) is -0.113. The zero-order valence-electron chi connectivity index (χ0n) is 12.2. The molecule has 0 unspecified atom stereocenters. The van der Waals surface area contributed by atoms with E-state index >= 15 is 0 Å². The number of aryl methyl sites for hydroxylation is 1. The average Bonchev–Trinajstić information content (AvgIpc) is 3.05. The van der Waals surface area contributed by atoms with E-state index in [-0.39, 0.29) is 17.6 Å². The number of carbonyl (C=O) groups is 2. The molecule has 0 aliphatic heterocycles. The topological polar surface area (TPSA) is 97.4 Å². The highest BCUT2D eigenvalue weighted by atomic mass is 16.3. The number of nitrogens with one attached hydrogen (secondary N) is 2. The van der Waals surface area contributed by atoms with Crippen molar-refractivity contribution in [2.24, 2.45) is 0 Å². The fourth-order valence-corrected chi connectivity index (χ4v) is 1.97. The highest BCUT2D eigenvalue weighted by Crippen LogP contribution is 2.12. The van der Waals surface area contributed by atoms with E-state index in [2.05, 4.69) is 10.6 Å². The van der Waals surface area contributed by atoms with Crippen molar-refractivity contribution in [2.45, 2.75) is 12.8 Å². The number of para-hydroxylation sites is 1. The molecule has 6 heteroatoms. The molecule has 2 aromatic rings. The Morgan fingerprint density at radius 1 is 1.05 bits per heavy atom. The molecule has 0 aliphatic rings. The molecule has 1 aromatic heterocycles. The van der Waals surface area contributed by atoms with Crippen LogP contribution in [0.5, 0.6) is 0 Å². The van der Waals surface area contributed by atoms with Gasteiger partial charge in [0.1, 0.15) is 0 Å². The molecule has 0 atom stereocenters. The second kappa shape index (κ2) is 7.87. The van der Waals surface area contributed by atoms with Crippen molar-refractivity contribution in [1.82, 2.24) is 10.6 Å². The zero-order valence-corrected chi connectivity index (χ0v) is 12.2. The molecule has 0 radical (unpaired) electrons. The van der Waals surface area contributed by atoms with E-state index in [1.807, 2.05) is 24.3 Å². The summed E-state index contributed by atoms with van der Waals surface area (Å²) in [6, 6.07) is 10.7. The molecule has 2 amide bonds. The summed E-state index contributed by atoms with van der Waals surface area (Å²) >= 11 is 0. The van der Waals surface area contributed by atoms with Gasteiger partial charge in [-0.15, -0.1) is 0 Å². The molecule has 0 saturated carbocycles. The van der Waals surface area contributed by atoms with Gasteiger partial charge in [0.25, 0.3) is 5.91 Å². The average molecular weight is 301 g/mol. The Balaban J connectivity index is 1.62. The first kappa shape index (κ1) is 15.6. The second-order valence-corrected chi connectivity index (χ2v) is 4.78. The summed E-state index contributed by atoms with van der Waals surface area (Å²) in [6.45, 7) is 0.717. The highest BCUT2D eigenvalue weighted by Gasteiger charge is 2.07. The quantitative estimate of drug-likeness (QED) is 0.531. The molecule has 1 heterocycles. The fourth-order valence-electron chi connectivity index (χ4n) is 1.97. The number of carbonyl (C=O) groups excluding carboxylic acids is 2. The zero-order chi connectivity index (χ0) is 15.8. The molecule has 0 saturated heterocycles. The van der Waals surface area contributed by atoms with Crippen molar-refractivity contribution < 1.29 is 14.0 Å². The number of amides is 2. The molecule has 0 aliphatic carbocycles. The maximum absolute atomic E-state index is 11.7. The van der Waals surface area contributed by atoms with E-state index in [0.29, 0.717) is 31.6 Å². The van der Waals surface area contributed by atoms with Gasteiger partial charge in [-0.05, 0) is 30.2 Å². The lowest BCUT2D eigenvalue weighted by molar-refractivity contribution is -0.121. The number of nitrogens with two attached hydrogens (primary N) is 1. The van der Waals surface area contributed by atoms with Gasteiger partial charge < -0.3 is 20.8 Å². The largest absolute Gasteiger partial charge is 0.459 e. The summed E-state index contributed by atoms with van der Waals surface area (Å²) < 4.78 is 4.96. The standard InChI is InChI=1S/C16H19N3O3/c17-13-5-2-1-4-12(13)7-8-15(20)18-9-10-19-16(21)14-6-3-11-22-14/h1-6,11H,7-10,17H2,(H,18,20)(H,19,21). The number of benzene rings is 1. The van der Waals surface area contributed by atoms with Gasteiger partial charge in [-0.1, -0.05) is 18.2 Å². The smallest absolute Gasteiger partial charge is 0.287 e. The maximum Gasteiger partial charge on any atom is 0.287 e. The number of nitrogen functional groups attached to an aromatic ring is 1. The van der Waals surface area contributed by atoms with Crippen LogP contribution in [0.3, 0.4) is 0 Å². The molecular formula is C16H19N3O3. The minimum Gasteiger partial charge on any atom is -0.459 e. The van der Waals surface area contributed by atoms with Crippen molar-refractivity contribution >= 4 is 17.5 Å². The third-order valence-corrected chi connectivity index (χ3v) is 3.15. The second-order valence-electron chi connectivity index (χ2n) is 4.78. The van der Waals surface area contributed by atoms with E-state index < -0.39 is 0 Å². The summed E-state index contributed by atoms with van der Waals surface area (Å²) in [6.07, 6.45) is 2.39.